The lowest BCUT2D eigenvalue weighted by atomic mass is 10.1. The molecular formula is C32H65N5O2. The van der Waals surface area contributed by atoms with Gasteiger partial charge in [-0.2, -0.15) is 0 Å². The molecule has 0 saturated heterocycles. The summed E-state index contributed by atoms with van der Waals surface area (Å²) in [5.74, 6) is -0.0779. The molecule has 2 amide bonds. The van der Waals surface area contributed by atoms with Gasteiger partial charge in [-0.15, -0.1) is 0 Å². The predicted molar refractivity (Wildman–Crippen MR) is 168 cm³/mol. The van der Waals surface area contributed by atoms with E-state index in [-0.39, 0.29) is 17.8 Å². The number of nitrogens with one attached hydrogen (secondary N) is 2. The van der Waals surface area contributed by atoms with E-state index in [1.165, 1.54) is 109 Å². The second-order valence-electron chi connectivity index (χ2n) is 11.3. The van der Waals surface area contributed by atoms with E-state index in [0.717, 1.165) is 25.7 Å². The van der Waals surface area contributed by atoms with Crippen LogP contribution in [0.2, 0.25) is 0 Å². The van der Waals surface area contributed by atoms with Crippen LogP contribution in [0.4, 0.5) is 0 Å². The summed E-state index contributed by atoms with van der Waals surface area (Å²) in [5, 5.41) is 6.00. The van der Waals surface area contributed by atoms with Gasteiger partial charge in [0.2, 0.25) is 11.8 Å². The maximum atomic E-state index is 12.8. The molecule has 0 rings (SSSR count). The maximum absolute atomic E-state index is 12.8. The molecule has 7 heteroatoms. The van der Waals surface area contributed by atoms with Crippen molar-refractivity contribution < 1.29 is 9.59 Å². The average molecular weight is 552 g/mol. The molecule has 0 aliphatic rings. The number of guanidine groups is 1. The highest BCUT2D eigenvalue weighted by Crippen LogP contribution is 2.12. The van der Waals surface area contributed by atoms with Crippen molar-refractivity contribution in [3.8, 4) is 0 Å². The molecule has 0 unspecified atom stereocenters. The van der Waals surface area contributed by atoms with Crippen molar-refractivity contribution >= 4 is 17.8 Å². The summed E-state index contributed by atoms with van der Waals surface area (Å²) >= 11 is 0. The van der Waals surface area contributed by atoms with Gasteiger partial charge in [-0.1, -0.05) is 136 Å². The number of rotatable bonds is 29. The average Bonchev–Trinajstić information content (AvgIpc) is 2.91. The number of nitrogens with zero attached hydrogens (tertiary/aromatic N) is 1. The Labute approximate surface area is 241 Å². The Balaban J connectivity index is 4.09. The first-order valence-corrected chi connectivity index (χ1v) is 16.6. The lowest BCUT2D eigenvalue weighted by Crippen LogP contribution is -2.47. The van der Waals surface area contributed by atoms with Gasteiger partial charge >= 0.3 is 0 Å². The van der Waals surface area contributed by atoms with Gasteiger partial charge in [0.05, 0.1) is 0 Å². The van der Waals surface area contributed by atoms with E-state index in [0.29, 0.717) is 32.4 Å². The van der Waals surface area contributed by atoms with Crippen molar-refractivity contribution in [1.82, 2.24) is 10.6 Å². The molecule has 6 N–H and O–H groups in total. The molecule has 0 aromatic rings. The Kier molecular flexibility index (Phi) is 27.9. The normalized spacial score (nSPS) is 11.7. The van der Waals surface area contributed by atoms with Gasteiger partial charge in [-0.3, -0.25) is 14.6 Å². The zero-order valence-corrected chi connectivity index (χ0v) is 25.9. The van der Waals surface area contributed by atoms with Gasteiger partial charge in [-0.05, 0) is 25.7 Å². The van der Waals surface area contributed by atoms with Crippen LogP contribution in [-0.4, -0.2) is 36.9 Å². The van der Waals surface area contributed by atoms with Gasteiger partial charge in [0.15, 0.2) is 5.96 Å². The molecule has 0 saturated carbocycles. The molecule has 1 atom stereocenters. The van der Waals surface area contributed by atoms with Crippen LogP contribution in [0, 0.1) is 0 Å². The molecule has 0 aliphatic carbocycles. The number of amides is 2. The molecule has 0 spiro atoms. The molecule has 39 heavy (non-hydrogen) atoms. The number of aliphatic imine (C=N–C) groups is 1. The summed E-state index contributed by atoms with van der Waals surface area (Å²) < 4.78 is 0. The van der Waals surface area contributed by atoms with Crippen LogP contribution >= 0.6 is 0 Å². The smallest absolute Gasteiger partial charge is 0.242 e. The van der Waals surface area contributed by atoms with Crippen LogP contribution in [0.15, 0.2) is 4.99 Å². The van der Waals surface area contributed by atoms with E-state index < -0.39 is 6.04 Å². The first-order chi connectivity index (χ1) is 19.0. The molecule has 230 valence electrons. The van der Waals surface area contributed by atoms with E-state index in [9.17, 15) is 9.59 Å². The van der Waals surface area contributed by atoms with E-state index in [2.05, 4.69) is 29.5 Å². The largest absolute Gasteiger partial charge is 0.370 e. The van der Waals surface area contributed by atoms with Crippen molar-refractivity contribution in [3.05, 3.63) is 0 Å². The fourth-order valence-corrected chi connectivity index (χ4v) is 4.94. The van der Waals surface area contributed by atoms with Gasteiger partial charge in [0.1, 0.15) is 6.04 Å². The third-order valence-corrected chi connectivity index (χ3v) is 7.43. The number of unbranched alkanes of at least 4 members (excludes halogenated alkanes) is 19. The number of carbonyl (C=O) groups is 2. The van der Waals surface area contributed by atoms with Crippen LogP contribution in [-0.2, 0) is 9.59 Å². The molecule has 0 aromatic heterocycles. The summed E-state index contributed by atoms with van der Waals surface area (Å²) in [6, 6.07) is -0.525. The number of hydrogen-bond donors (Lipinski definition) is 4. The summed E-state index contributed by atoms with van der Waals surface area (Å²) in [6.07, 6.45) is 28.1. The fraction of sp³-hybridized carbons (Fsp3) is 0.906. The van der Waals surface area contributed by atoms with Crippen LogP contribution in [0.5, 0.6) is 0 Å². The number of hydrogen-bond acceptors (Lipinski definition) is 3. The third kappa shape index (κ3) is 27.6. The highest BCUT2D eigenvalue weighted by atomic mass is 16.2. The molecule has 7 nitrogen and oxygen atoms in total. The Hall–Kier alpha value is -1.79. The monoisotopic (exact) mass is 552 g/mol. The predicted octanol–water partition coefficient (Wildman–Crippen LogP) is 7.26. The van der Waals surface area contributed by atoms with Crippen molar-refractivity contribution in [2.24, 2.45) is 16.5 Å². The van der Waals surface area contributed by atoms with Crippen molar-refractivity contribution in [1.29, 1.82) is 0 Å². The highest BCUT2D eigenvalue weighted by molar-refractivity contribution is 5.87. The lowest BCUT2D eigenvalue weighted by Gasteiger charge is -2.18. The molecular weight excluding hydrogens is 486 g/mol. The topological polar surface area (TPSA) is 123 Å². The van der Waals surface area contributed by atoms with Crippen LogP contribution in [0.3, 0.4) is 0 Å². The second kappa shape index (κ2) is 29.2. The second-order valence-corrected chi connectivity index (χ2v) is 11.3. The molecule has 0 fully saturated rings. The molecule has 0 radical (unpaired) electrons. The van der Waals surface area contributed by atoms with Gasteiger partial charge in [0, 0.05) is 19.5 Å². The Morgan fingerprint density at radius 1 is 0.615 bits per heavy atom. The lowest BCUT2D eigenvalue weighted by molar-refractivity contribution is -0.129. The summed E-state index contributed by atoms with van der Waals surface area (Å²) in [5.41, 5.74) is 10.8. The Morgan fingerprint density at radius 3 is 1.51 bits per heavy atom. The zero-order valence-electron chi connectivity index (χ0n) is 25.9. The fourth-order valence-electron chi connectivity index (χ4n) is 4.94. The standard InChI is InChI=1S/C32H65N5O2/c1-3-5-7-9-11-13-14-15-17-19-21-23-27-35-31(39)29(25-24-28-36-32(33)34)37-30(38)26-22-20-18-16-12-10-8-6-4-2/h29H,3-28H2,1-2H3,(H,35,39)(H,37,38)(H4,33,34,36)/t29-/m0/s1. The van der Waals surface area contributed by atoms with E-state index in [1.807, 2.05) is 0 Å². The SMILES string of the molecule is CCCCCCCCCCCCCCNC(=O)[C@H](CCCN=C(N)N)NC(=O)CCCCCCCCCCC. The van der Waals surface area contributed by atoms with Crippen molar-refractivity contribution in [3.63, 3.8) is 0 Å². The Morgan fingerprint density at radius 2 is 1.05 bits per heavy atom. The molecule has 0 aliphatic heterocycles. The van der Waals surface area contributed by atoms with Crippen LogP contribution in [0.25, 0.3) is 0 Å². The van der Waals surface area contributed by atoms with Gasteiger partial charge in [-0.25, -0.2) is 0 Å². The van der Waals surface area contributed by atoms with Crippen molar-refractivity contribution in [2.45, 2.75) is 174 Å². The van der Waals surface area contributed by atoms with E-state index >= 15 is 0 Å². The number of nitrogens with two attached hydrogens (primary N) is 2. The molecule has 0 aromatic carbocycles. The minimum Gasteiger partial charge on any atom is -0.370 e. The highest BCUT2D eigenvalue weighted by Gasteiger charge is 2.19. The summed E-state index contributed by atoms with van der Waals surface area (Å²) in [4.78, 5) is 29.4. The van der Waals surface area contributed by atoms with Gasteiger partial charge < -0.3 is 22.1 Å². The third-order valence-electron chi connectivity index (χ3n) is 7.43. The van der Waals surface area contributed by atoms with Crippen LogP contribution in [0.1, 0.15) is 168 Å². The number of carbonyl (C=O) groups excluding carboxylic acids is 2. The van der Waals surface area contributed by atoms with E-state index in [4.69, 9.17) is 11.5 Å². The molecule has 0 heterocycles. The molecule has 0 bridgehead atoms. The van der Waals surface area contributed by atoms with Crippen LogP contribution < -0.4 is 22.1 Å². The quantitative estimate of drug-likeness (QED) is 0.0443. The first-order valence-electron chi connectivity index (χ1n) is 16.6. The van der Waals surface area contributed by atoms with E-state index in [1.54, 1.807) is 0 Å². The summed E-state index contributed by atoms with van der Waals surface area (Å²) in [7, 11) is 0. The zero-order chi connectivity index (χ0) is 28.8. The maximum Gasteiger partial charge on any atom is 0.242 e. The summed E-state index contributed by atoms with van der Waals surface area (Å²) in [6.45, 7) is 5.62. The first kappa shape index (κ1) is 37.2. The minimum absolute atomic E-state index is 0.0368. The van der Waals surface area contributed by atoms with Crippen molar-refractivity contribution in [2.75, 3.05) is 13.1 Å². The van der Waals surface area contributed by atoms with Gasteiger partial charge in [0.25, 0.3) is 0 Å². The Bertz CT molecular complexity index is 593. The minimum atomic E-state index is -0.525.